The SMILES string of the molecule is COc1ccc([Si](C)(C)[C@@H]2[C@@H](C)[C@@H](CCc3cccc(NC(=O)Cc4c[nH]c5ccccc45)c3)O[C@H]2CCn2cc(CCO)nn2)cc1. The zero-order valence-corrected chi connectivity index (χ0v) is 29.4. The zero-order chi connectivity index (χ0) is 33.7. The van der Waals surface area contributed by atoms with E-state index >= 15 is 0 Å². The van der Waals surface area contributed by atoms with E-state index in [-0.39, 0.29) is 24.7 Å². The number of aliphatic hydroxyl groups excluding tert-OH is 1. The van der Waals surface area contributed by atoms with Crippen molar-refractivity contribution < 1.29 is 19.4 Å². The Morgan fingerprint density at radius 3 is 2.65 bits per heavy atom. The highest BCUT2D eigenvalue weighted by Gasteiger charge is 2.50. The summed E-state index contributed by atoms with van der Waals surface area (Å²) < 4.78 is 14.3. The standard InChI is InChI=1S/C38H47N5O4Si/c1-26-35(17-12-27-8-7-9-29(22-27)40-37(45)23-28-24-39-34-11-6-5-10-33(28)34)47-36(18-20-43-25-30(19-21-44)41-42-43)38(26)48(3,4)32-15-13-31(46-2)14-16-32/h5-11,13-16,22,24-26,35-36,38-39,44H,12,17-21,23H2,1-4H3,(H,40,45)/t26-,35+,36-,38+/m0/s1. The first kappa shape index (κ1) is 33.6. The highest BCUT2D eigenvalue weighted by molar-refractivity contribution is 6.91. The van der Waals surface area contributed by atoms with Crippen LogP contribution in [-0.2, 0) is 35.3 Å². The van der Waals surface area contributed by atoms with E-state index in [9.17, 15) is 9.90 Å². The molecule has 9 nitrogen and oxygen atoms in total. The molecule has 3 aromatic carbocycles. The smallest absolute Gasteiger partial charge is 0.228 e. The van der Waals surface area contributed by atoms with Crippen molar-refractivity contribution in [1.29, 1.82) is 0 Å². The first-order chi connectivity index (χ1) is 23.2. The third kappa shape index (κ3) is 7.56. The Labute approximate surface area is 283 Å². The van der Waals surface area contributed by atoms with Gasteiger partial charge in [0, 0.05) is 48.6 Å². The van der Waals surface area contributed by atoms with Crippen molar-refractivity contribution in [2.24, 2.45) is 5.92 Å². The summed E-state index contributed by atoms with van der Waals surface area (Å²) in [6.07, 6.45) is 7.49. The fraction of sp³-hybridized carbons (Fsp3) is 0.395. The van der Waals surface area contributed by atoms with Gasteiger partial charge in [-0.25, -0.2) is 0 Å². The monoisotopic (exact) mass is 665 g/mol. The number of aromatic nitrogens is 4. The number of fused-ring (bicyclic) bond motifs is 1. The lowest BCUT2D eigenvalue weighted by atomic mass is 9.95. The maximum Gasteiger partial charge on any atom is 0.228 e. The van der Waals surface area contributed by atoms with Crippen molar-refractivity contribution in [2.75, 3.05) is 19.0 Å². The van der Waals surface area contributed by atoms with Gasteiger partial charge < -0.3 is 24.9 Å². The minimum Gasteiger partial charge on any atom is -0.497 e. The number of nitrogens with one attached hydrogen (secondary N) is 2. The number of benzene rings is 3. The first-order valence-corrected chi connectivity index (χ1v) is 20.1. The summed E-state index contributed by atoms with van der Waals surface area (Å²) in [6, 6.07) is 24.9. The number of anilines is 1. The molecule has 4 atom stereocenters. The molecule has 48 heavy (non-hydrogen) atoms. The number of hydrogen-bond donors (Lipinski definition) is 3. The average Bonchev–Trinajstić information content (AvgIpc) is 3.80. The van der Waals surface area contributed by atoms with Crippen LogP contribution in [0.1, 0.15) is 36.6 Å². The lowest BCUT2D eigenvalue weighted by molar-refractivity contribution is -0.115. The highest BCUT2D eigenvalue weighted by atomic mass is 28.3. The molecule has 1 fully saturated rings. The molecular formula is C38H47N5O4Si. The Morgan fingerprint density at radius 2 is 1.85 bits per heavy atom. The summed E-state index contributed by atoms with van der Waals surface area (Å²) in [6.45, 7) is 8.07. The van der Waals surface area contributed by atoms with Crippen LogP contribution in [0.25, 0.3) is 10.9 Å². The predicted octanol–water partition coefficient (Wildman–Crippen LogP) is 5.90. The molecule has 2 aromatic heterocycles. The van der Waals surface area contributed by atoms with Crippen molar-refractivity contribution in [3.8, 4) is 5.75 Å². The van der Waals surface area contributed by atoms with Gasteiger partial charge in [0.05, 0.1) is 39.5 Å². The van der Waals surface area contributed by atoms with Gasteiger partial charge in [0.1, 0.15) is 5.75 Å². The van der Waals surface area contributed by atoms with Gasteiger partial charge in [-0.1, -0.05) is 72.9 Å². The molecule has 1 saturated heterocycles. The van der Waals surface area contributed by atoms with Crippen LogP contribution >= 0.6 is 0 Å². The molecule has 6 rings (SSSR count). The van der Waals surface area contributed by atoms with Crippen molar-refractivity contribution >= 4 is 35.8 Å². The number of carbonyl (C=O) groups is 1. The minimum atomic E-state index is -1.98. The number of para-hydroxylation sites is 1. The normalized spacial score (nSPS) is 19.5. The van der Waals surface area contributed by atoms with Gasteiger partial charge in [-0.2, -0.15) is 0 Å². The summed E-state index contributed by atoms with van der Waals surface area (Å²) in [7, 11) is -0.280. The van der Waals surface area contributed by atoms with Crippen LogP contribution in [0.15, 0.2) is 85.2 Å². The molecule has 1 aliphatic heterocycles. The van der Waals surface area contributed by atoms with Crippen LogP contribution in [0.2, 0.25) is 18.6 Å². The van der Waals surface area contributed by atoms with E-state index < -0.39 is 8.07 Å². The van der Waals surface area contributed by atoms with E-state index in [0.29, 0.717) is 30.8 Å². The zero-order valence-electron chi connectivity index (χ0n) is 28.4. The number of aromatic amines is 1. The summed E-state index contributed by atoms with van der Waals surface area (Å²) in [5.41, 5.74) is 5.24. The second kappa shape index (κ2) is 14.9. The molecule has 3 N–H and O–H groups in total. The molecule has 5 aromatic rings. The van der Waals surface area contributed by atoms with E-state index in [1.807, 2.05) is 53.5 Å². The molecule has 0 bridgehead atoms. The van der Waals surface area contributed by atoms with Crippen LogP contribution < -0.4 is 15.2 Å². The third-order valence-corrected chi connectivity index (χ3v) is 14.5. The lowest BCUT2D eigenvalue weighted by Gasteiger charge is -2.36. The maximum atomic E-state index is 13.0. The molecule has 0 saturated carbocycles. The Bertz CT molecular complexity index is 1820. The van der Waals surface area contributed by atoms with Crippen LogP contribution in [0, 0.1) is 5.92 Å². The number of carbonyl (C=O) groups excluding carboxylic acids is 1. The maximum absolute atomic E-state index is 13.0. The van der Waals surface area contributed by atoms with E-state index in [4.69, 9.17) is 9.47 Å². The van der Waals surface area contributed by atoms with E-state index in [0.717, 1.165) is 52.9 Å². The van der Waals surface area contributed by atoms with E-state index in [1.165, 1.54) is 10.8 Å². The molecular weight excluding hydrogens is 619 g/mol. The van der Waals surface area contributed by atoms with E-state index in [1.54, 1.807) is 7.11 Å². The number of aryl methyl sites for hydroxylation is 2. The second-order valence-corrected chi connectivity index (χ2v) is 18.3. The fourth-order valence-electron chi connectivity index (χ4n) is 7.62. The van der Waals surface area contributed by atoms with Crippen molar-refractivity contribution in [1.82, 2.24) is 20.0 Å². The van der Waals surface area contributed by atoms with Gasteiger partial charge in [0.25, 0.3) is 0 Å². The van der Waals surface area contributed by atoms with Crippen molar-refractivity contribution in [3.63, 3.8) is 0 Å². The van der Waals surface area contributed by atoms with E-state index in [2.05, 4.69) is 77.0 Å². The molecule has 252 valence electrons. The number of ether oxygens (including phenoxy) is 2. The van der Waals surface area contributed by atoms with Gasteiger partial charge >= 0.3 is 0 Å². The Hall–Kier alpha value is -4.25. The van der Waals surface area contributed by atoms with Crippen LogP contribution in [0.3, 0.4) is 0 Å². The molecule has 0 aliphatic carbocycles. The molecule has 0 spiro atoms. The Balaban J connectivity index is 1.13. The quantitative estimate of drug-likeness (QED) is 0.127. The lowest BCUT2D eigenvalue weighted by Crippen LogP contribution is -2.50. The topological polar surface area (TPSA) is 114 Å². The molecule has 1 aliphatic rings. The van der Waals surface area contributed by atoms with Crippen LogP contribution in [0.4, 0.5) is 5.69 Å². The third-order valence-electron chi connectivity index (χ3n) is 10.1. The fourth-order valence-corrected chi connectivity index (χ4v) is 11.7. The number of aliphatic hydroxyl groups is 1. The van der Waals surface area contributed by atoms with Crippen LogP contribution in [0.5, 0.6) is 5.75 Å². The number of rotatable bonds is 14. The van der Waals surface area contributed by atoms with Gasteiger partial charge in [-0.05, 0) is 72.2 Å². The Morgan fingerprint density at radius 1 is 1.04 bits per heavy atom. The number of methoxy groups -OCH3 is 1. The highest BCUT2D eigenvalue weighted by Crippen LogP contribution is 2.46. The molecule has 1 amide bonds. The van der Waals surface area contributed by atoms with Gasteiger partial charge in [-0.15, -0.1) is 5.10 Å². The van der Waals surface area contributed by atoms with Gasteiger partial charge in [0.15, 0.2) is 0 Å². The molecule has 0 radical (unpaired) electrons. The number of H-pyrrole nitrogens is 1. The van der Waals surface area contributed by atoms with Crippen LogP contribution in [-0.4, -0.2) is 65.0 Å². The summed E-state index contributed by atoms with van der Waals surface area (Å²) in [4.78, 5) is 16.2. The van der Waals surface area contributed by atoms with Crippen molar-refractivity contribution in [3.05, 3.63) is 102 Å². The summed E-state index contributed by atoms with van der Waals surface area (Å²) in [5, 5.41) is 23.4. The Kier molecular flexibility index (Phi) is 10.4. The largest absolute Gasteiger partial charge is 0.497 e. The summed E-state index contributed by atoms with van der Waals surface area (Å²) in [5.74, 6) is 1.21. The predicted molar refractivity (Wildman–Crippen MR) is 193 cm³/mol. The van der Waals surface area contributed by atoms with Gasteiger partial charge in [-0.3, -0.25) is 9.48 Å². The second-order valence-electron chi connectivity index (χ2n) is 13.6. The molecule has 0 unspecified atom stereocenters. The number of hydrogen-bond acceptors (Lipinski definition) is 6. The molecule has 3 heterocycles. The number of nitrogens with zero attached hydrogens (tertiary/aromatic N) is 3. The minimum absolute atomic E-state index is 0.0306. The summed E-state index contributed by atoms with van der Waals surface area (Å²) >= 11 is 0. The average molecular weight is 666 g/mol. The van der Waals surface area contributed by atoms with Gasteiger partial charge in [0.2, 0.25) is 5.91 Å². The number of amides is 1. The van der Waals surface area contributed by atoms with Crippen molar-refractivity contribution in [2.45, 2.75) is 76.4 Å². The first-order valence-electron chi connectivity index (χ1n) is 17.0. The molecule has 10 heteroatoms.